The van der Waals surface area contributed by atoms with Crippen molar-refractivity contribution < 1.29 is 0 Å². The zero-order valence-electron chi connectivity index (χ0n) is 9.67. The average Bonchev–Trinajstić information content (AvgIpc) is 2.46. The van der Waals surface area contributed by atoms with Gasteiger partial charge in [-0.1, -0.05) is 54.6 Å². The summed E-state index contributed by atoms with van der Waals surface area (Å²) in [6.45, 7) is 0. The Balaban J connectivity index is 2.62. The molecule has 0 saturated carbocycles. The number of benzene rings is 2. The molecule has 0 aromatic heterocycles. The van der Waals surface area contributed by atoms with Gasteiger partial charge in [0.05, 0.1) is 11.6 Å². The lowest BCUT2D eigenvalue weighted by Gasteiger charge is -2.07. The number of hydrogen-bond donors (Lipinski definition) is 0. The van der Waals surface area contributed by atoms with Crippen LogP contribution in [-0.4, -0.2) is 0 Å². The van der Waals surface area contributed by atoms with Crippen molar-refractivity contribution in [2.75, 3.05) is 0 Å². The van der Waals surface area contributed by atoms with Gasteiger partial charge in [-0.25, -0.2) is 0 Å². The molecule has 84 valence electrons. The van der Waals surface area contributed by atoms with E-state index in [1.54, 1.807) is 0 Å². The average molecular weight is 230 g/mol. The fourth-order valence-corrected chi connectivity index (χ4v) is 1.82. The molecular formula is C16H10N2. The van der Waals surface area contributed by atoms with Gasteiger partial charge in [0, 0.05) is 11.6 Å². The van der Waals surface area contributed by atoms with Crippen LogP contribution in [0.4, 0.5) is 0 Å². The molecular weight excluding hydrogens is 220 g/mol. The summed E-state index contributed by atoms with van der Waals surface area (Å²) >= 11 is 0. The molecule has 2 nitrogen and oxygen atoms in total. The minimum atomic E-state index is 0.386. The molecule has 0 radical (unpaired) electrons. The Hall–Kier alpha value is -2.84. The second-order valence-electron chi connectivity index (χ2n) is 3.71. The fraction of sp³-hybridized carbons (Fsp3) is 0. The predicted octanol–water partition coefficient (Wildman–Crippen LogP) is 3.78. The summed E-state index contributed by atoms with van der Waals surface area (Å²) in [6.07, 6.45) is 1.28. The molecule has 2 aromatic carbocycles. The first-order chi connectivity index (χ1) is 8.86. The lowest BCUT2D eigenvalue weighted by Crippen LogP contribution is -1.87. The highest BCUT2D eigenvalue weighted by molar-refractivity contribution is 5.87. The van der Waals surface area contributed by atoms with Gasteiger partial charge in [0.15, 0.2) is 0 Å². The fourth-order valence-electron chi connectivity index (χ4n) is 1.82. The highest BCUT2D eigenvalue weighted by atomic mass is 14.3. The van der Waals surface area contributed by atoms with Crippen LogP contribution in [0.25, 0.3) is 16.7 Å². The zero-order chi connectivity index (χ0) is 12.8. The molecule has 0 aliphatic carbocycles. The molecule has 0 fully saturated rings. The number of rotatable bonds is 2. The van der Waals surface area contributed by atoms with E-state index < -0.39 is 0 Å². The van der Waals surface area contributed by atoms with E-state index in [9.17, 15) is 0 Å². The molecule has 0 spiro atoms. The van der Waals surface area contributed by atoms with Crippen LogP contribution in [0, 0.1) is 22.7 Å². The zero-order valence-corrected chi connectivity index (χ0v) is 9.67. The van der Waals surface area contributed by atoms with Crippen LogP contribution in [0.15, 0.2) is 60.7 Å². The molecule has 0 saturated heterocycles. The standard InChI is InChI=1S/C16H10N2/c17-11-10-14(12-18)16-9-5-4-8-15(16)13-6-2-1-3-7-13/h1-10H/b14-10-. The Morgan fingerprint density at radius 1 is 0.889 bits per heavy atom. The molecule has 0 aliphatic heterocycles. The van der Waals surface area contributed by atoms with Gasteiger partial charge >= 0.3 is 0 Å². The number of hydrogen-bond acceptors (Lipinski definition) is 2. The van der Waals surface area contributed by atoms with Gasteiger partial charge in [-0.3, -0.25) is 0 Å². The van der Waals surface area contributed by atoms with Crippen LogP contribution in [0.1, 0.15) is 5.56 Å². The summed E-state index contributed by atoms with van der Waals surface area (Å²) < 4.78 is 0. The first kappa shape index (κ1) is 11.6. The molecule has 0 bridgehead atoms. The highest BCUT2D eigenvalue weighted by Crippen LogP contribution is 2.28. The lowest BCUT2D eigenvalue weighted by atomic mass is 9.95. The van der Waals surface area contributed by atoms with Crippen LogP contribution in [0.5, 0.6) is 0 Å². The minimum Gasteiger partial charge on any atom is -0.193 e. The normalized spacial score (nSPS) is 10.4. The first-order valence-corrected chi connectivity index (χ1v) is 5.51. The third-order valence-corrected chi connectivity index (χ3v) is 2.63. The number of nitrogens with zero attached hydrogens (tertiary/aromatic N) is 2. The van der Waals surface area contributed by atoms with E-state index in [1.165, 1.54) is 6.08 Å². The third-order valence-electron chi connectivity index (χ3n) is 2.63. The van der Waals surface area contributed by atoms with Gasteiger partial charge < -0.3 is 0 Å². The molecule has 18 heavy (non-hydrogen) atoms. The summed E-state index contributed by atoms with van der Waals surface area (Å²) in [7, 11) is 0. The Morgan fingerprint density at radius 2 is 1.56 bits per heavy atom. The van der Waals surface area contributed by atoms with Crippen molar-refractivity contribution in [3.05, 3.63) is 66.2 Å². The summed E-state index contributed by atoms with van der Waals surface area (Å²) in [5.74, 6) is 0. The summed E-state index contributed by atoms with van der Waals surface area (Å²) in [5.41, 5.74) is 3.16. The SMILES string of the molecule is N#C/C=C(/C#N)c1ccccc1-c1ccccc1. The maximum atomic E-state index is 9.11. The maximum Gasteiger partial charge on any atom is 0.101 e. The highest BCUT2D eigenvalue weighted by Gasteiger charge is 2.08. The van der Waals surface area contributed by atoms with Crippen LogP contribution in [0.2, 0.25) is 0 Å². The molecule has 0 aliphatic rings. The maximum absolute atomic E-state index is 9.11. The van der Waals surface area contributed by atoms with E-state index in [-0.39, 0.29) is 0 Å². The minimum absolute atomic E-state index is 0.386. The van der Waals surface area contributed by atoms with Crippen molar-refractivity contribution >= 4 is 5.57 Å². The Kier molecular flexibility index (Phi) is 3.54. The van der Waals surface area contributed by atoms with Gasteiger partial charge in [0.25, 0.3) is 0 Å². The van der Waals surface area contributed by atoms with E-state index >= 15 is 0 Å². The molecule has 0 atom stereocenters. The molecule has 0 heterocycles. The van der Waals surface area contributed by atoms with Gasteiger partial charge in [0.1, 0.15) is 6.07 Å². The quantitative estimate of drug-likeness (QED) is 0.737. The Bertz CT molecular complexity index is 655. The van der Waals surface area contributed by atoms with Crippen LogP contribution >= 0.6 is 0 Å². The number of allylic oxidation sites excluding steroid dienone is 2. The molecule has 2 heteroatoms. The van der Waals surface area contributed by atoms with Crippen molar-refractivity contribution in [1.29, 1.82) is 10.5 Å². The number of nitriles is 2. The van der Waals surface area contributed by atoms with Crippen molar-refractivity contribution in [3.63, 3.8) is 0 Å². The Morgan fingerprint density at radius 3 is 2.22 bits per heavy atom. The van der Waals surface area contributed by atoms with Gasteiger partial charge in [-0.15, -0.1) is 0 Å². The van der Waals surface area contributed by atoms with Crippen LogP contribution in [0.3, 0.4) is 0 Å². The van der Waals surface area contributed by atoms with Crippen LogP contribution < -0.4 is 0 Å². The van der Waals surface area contributed by atoms with E-state index in [1.807, 2.05) is 60.7 Å². The topological polar surface area (TPSA) is 47.6 Å². The van der Waals surface area contributed by atoms with E-state index in [2.05, 4.69) is 6.07 Å². The largest absolute Gasteiger partial charge is 0.193 e. The molecule has 2 aromatic rings. The van der Waals surface area contributed by atoms with E-state index in [0.29, 0.717) is 5.57 Å². The third kappa shape index (κ3) is 2.29. The molecule has 0 unspecified atom stereocenters. The summed E-state index contributed by atoms with van der Waals surface area (Å²) in [4.78, 5) is 0. The second-order valence-corrected chi connectivity index (χ2v) is 3.71. The monoisotopic (exact) mass is 230 g/mol. The first-order valence-electron chi connectivity index (χ1n) is 5.51. The second kappa shape index (κ2) is 5.48. The Labute approximate surface area is 106 Å². The van der Waals surface area contributed by atoms with Crippen molar-refractivity contribution in [3.8, 4) is 23.3 Å². The van der Waals surface area contributed by atoms with Gasteiger partial charge in [0.2, 0.25) is 0 Å². The van der Waals surface area contributed by atoms with Gasteiger partial charge in [-0.05, 0) is 11.1 Å². The molecule has 0 N–H and O–H groups in total. The molecule has 0 amide bonds. The van der Waals surface area contributed by atoms with Crippen LogP contribution in [-0.2, 0) is 0 Å². The van der Waals surface area contributed by atoms with Crippen molar-refractivity contribution in [2.45, 2.75) is 0 Å². The summed E-state index contributed by atoms with van der Waals surface area (Å²) in [6, 6.07) is 21.4. The summed E-state index contributed by atoms with van der Waals surface area (Å²) in [5, 5.41) is 17.8. The van der Waals surface area contributed by atoms with Crippen molar-refractivity contribution in [1.82, 2.24) is 0 Å². The van der Waals surface area contributed by atoms with E-state index in [4.69, 9.17) is 10.5 Å². The van der Waals surface area contributed by atoms with E-state index in [0.717, 1.165) is 16.7 Å². The lowest BCUT2D eigenvalue weighted by molar-refractivity contribution is 1.50. The predicted molar refractivity (Wildman–Crippen MR) is 71.1 cm³/mol. The van der Waals surface area contributed by atoms with Gasteiger partial charge in [-0.2, -0.15) is 10.5 Å². The molecule has 2 rings (SSSR count). The van der Waals surface area contributed by atoms with Crippen molar-refractivity contribution in [2.24, 2.45) is 0 Å². The smallest absolute Gasteiger partial charge is 0.101 e.